The minimum absolute atomic E-state index is 0.236. The molecule has 0 saturated heterocycles. The number of aryl methyl sites for hydroxylation is 1. The van der Waals surface area contributed by atoms with Gasteiger partial charge in [-0.15, -0.1) is 0 Å². The number of rotatable bonds is 5. The van der Waals surface area contributed by atoms with Gasteiger partial charge in [0.2, 0.25) is 10.0 Å². The van der Waals surface area contributed by atoms with E-state index in [4.69, 9.17) is 14.2 Å². The number of benzene rings is 2. The average Bonchev–Trinajstić information content (AvgIpc) is 3.41. The highest BCUT2D eigenvalue weighted by atomic mass is 32.2. The minimum atomic E-state index is -3.65. The van der Waals surface area contributed by atoms with Crippen LogP contribution in [-0.2, 0) is 15.6 Å². The van der Waals surface area contributed by atoms with Gasteiger partial charge in [-0.05, 0) is 61.2 Å². The molecule has 0 radical (unpaired) electrons. The molecule has 2 aliphatic rings. The van der Waals surface area contributed by atoms with E-state index in [1.807, 2.05) is 25.1 Å². The molecule has 0 aromatic heterocycles. The molecule has 2 aromatic carbocycles. The Balaban J connectivity index is 1.62. The summed E-state index contributed by atoms with van der Waals surface area (Å²) >= 11 is 0. The van der Waals surface area contributed by atoms with Crippen molar-refractivity contribution in [3.05, 3.63) is 47.5 Å². The van der Waals surface area contributed by atoms with Gasteiger partial charge in [0, 0.05) is 0 Å². The highest BCUT2D eigenvalue weighted by Crippen LogP contribution is 2.48. The predicted octanol–water partition coefficient (Wildman–Crippen LogP) is 2.74. The third kappa shape index (κ3) is 3.01. The van der Waals surface area contributed by atoms with E-state index in [2.05, 4.69) is 4.72 Å². The summed E-state index contributed by atoms with van der Waals surface area (Å²) in [5.41, 5.74) is 1.10. The molecule has 1 saturated carbocycles. The Kier molecular flexibility index (Phi) is 4.08. The molecule has 7 heteroatoms. The average molecular weight is 375 g/mol. The largest absolute Gasteiger partial charge is 0.496 e. The third-order valence-corrected chi connectivity index (χ3v) is 6.39. The van der Waals surface area contributed by atoms with Crippen LogP contribution in [0.2, 0.25) is 0 Å². The SMILES string of the molecule is COc1ccc(S(=O)(=O)NC2(c3ccc4c(c3)OCCO4)CC2)cc1C. The zero-order valence-corrected chi connectivity index (χ0v) is 15.6. The predicted molar refractivity (Wildman–Crippen MR) is 96.4 cm³/mol. The molecular formula is C19H21NO5S. The Morgan fingerprint density at radius 3 is 2.42 bits per heavy atom. The van der Waals surface area contributed by atoms with Gasteiger partial charge < -0.3 is 14.2 Å². The van der Waals surface area contributed by atoms with Crippen LogP contribution in [-0.4, -0.2) is 28.7 Å². The zero-order valence-electron chi connectivity index (χ0n) is 14.7. The van der Waals surface area contributed by atoms with E-state index in [-0.39, 0.29) is 4.90 Å². The van der Waals surface area contributed by atoms with E-state index in [0.29, 0.717) is 30.5 Å². The van der Waals surface area contributed by atoms with Crippen molar-refractivity contribution in [2.24, 2.45) is 0 Å². The molecule has 0 spiro atoms. The first kappa shape index (κ1) is 17.2. The van der Waals surface area contributed by atoms with Gasteiger partial charge in [-0.3, -0.25) is 0 Å². The Morgan fingerprint density at radius 2 is 1.77 bits per heavy atom. The van der Waals surface area contributed by atoms with Crippen LogP contribution in [0.5, 0.6) is 17.2 Å². The van der Waals surface area contributed by atoms with Gasteiger partial charge >= 0.3 is 0 Å². The summed E-state index contributed by atoms with van der Waals surface area (Å²) < 4.78 is 45.0. The fraction of sp³-hybridized carbons (Fsp3) is 0.368. The fourth-order valence-corrected chi connectivity index (χ4v) is 4.78. The molecule has 0 bridgehead atoms. The maximum absolute atomic E-state index is 12.9. The first-order valence-corrected chi connectivity index (χ1v) is 10.0. The Morgan fingerprint density at radius 1 is 1.04 bits per heavy atom. The summed E-state index contributed by atoms with van der Waals surface area (Å²) in [6, 6.07) is 10.5. The lowest BCUT2D eigenvalue weighted by atomic mass is 10.1. The van der Waals surface area contributed by atoms with E-state index in [1.54, 1.807) is 25.3 Å². The van der Waals surface area contributed by atoms with Gasteiger partial charge in [-0.2, -0.15) is 0 Å². The molecule has 138 valence electrons. The molecule has 1 heterocycles. The Labute approximate surface area is 153 Å². The molecule has 2 aromatic rings. The number of ether oxygens (including phenoxy) is 3. The molecular weight excluding hydrogens is 354 g/mol. The quantitative estimate of drug-likeness (QED) is 0.870. The normalized spacial score (nSPS) is 17.6. The van der Waals surface area contributed by atoms with Gasteiger partial charge in [-0.25, -0.2) is 13.1 Å². The fourth-order valence-electron chi connectivity index (χ4n) is 3.25. The summed E-state index contributed by atoms with van der Waals surface area (Å²) in [6.07, 6.45) is 1.50. The van der Waals surface area contributed by atoms with Crippen molar-refractivity contribution in [2.75, 3.05) is 20.3 Å². The molecule has 1 aliphatic carbocycles. The lowest BCUT2D eigenvalue weighted by Crippen LogP contribution is -2.35. The van der Waals surface area contributed by atoms with E-state index in [0.717, 1.165) is 24.0 Å². The summed E-state index contributed by atoms with van der Waals surface area (Å²) in [5, 5.41) is 0. The lowest BCUT2D eigenvalue weighted by molar-refractivity contribution is 0.171. The van der Waals surface area contributed by atoms with Crippen molar-refractivity contribution in [1.29, 1.82) is 0 Å². The van der Waals surface area contributed by atoms with Crippen LogP contribution >= 0.6 is 0 Å². The molecule has 1 aliphatic heterocycles. The van der Waals surface area contributed by atoms with Gasteiger partial charge in [0.05, 0.1) is 17.5 Å². The maximum atomic E-state index is 12.9. The standard InChI is InChI=1S/C19H21NO5S/c1-13-11-15(4-6-16(13)23-2)26(21,22)20-19(7-8-19)14-3-5-17-18(12-14)25-10-9-24-17/h3-6,11-12,20H,7-10H2,1-2H3. The van der Waals surface area contributed by atoms with Gasteiger partial charge in [0.25, 0.3) is 0 Å². The number of nitrogens with one attached hydrogen (secondary N) is 1. The van der Waals surface area contributed by atoms with Crippen LogP contribution in [0.15, 0.2) is 41.3 Å². The van der Waals surface area contributed by atoms with Crippen molar-refractivity contribution in [2.45, 2.75) is 30.2 Å². The molecule has 0 unspecified atom stereocenters. The number of hydrogen-bond acceptors (Lipinski definition) is 5. The number of hydrogen-bond donors (Lipinski definition) is 1. The molecule has 6 nitrogen and oxygen atoms in total. The van der Waals surface area contributed by atoms with Crippen molar-refractivity contribution in [1.82, 2.24) is 4.72 Å². The molecule has 0 amide bonds. The highest BCUT2D eigenvalue weighted by Gasteiger charge is 2.48. The Hall–Kier alpha value is -2.25. The molecule has 1 N–H and O–H groups in total. The van der Waals surface area contributed by atoms with Crippen LogP contribution in [0.3, 0.4) is 0 Å². The maximum Gasteiger partial charge on any atom is 0.241 e. The third-order valence-electron chi connectivity index (χ3n) is 4.85. The molecule has 26 heavy (non-hydrogen) atoms. The van der Waals surface area contributed by atoms with Crippen LogP contribution in [0.4, 0.5) is 0 Å². The Bertz CT molecular complexity index is 950. The van der Waals surface area contributed by atoms with Crippen molar-refractivity contribution < 1.29 is 22.6 Å². The monoisotopic (exact) mass is 375 g/mol. The second-order valence-corrected chi connectivity index (χ2v) is 8.36. The lowest BCUT2D eigenvalue weighted by Gasteiger charge is -2.23. The van der Waals surface area contributed by atoms with Gasteiger partial charge in [0.15, 0.2) is 11.5 Å². The van der Waals surface area contributed by atoms with Gasteiger partial charge in [-0.1, -0.05) is 6.07 Å². The van der Waals surface area contributed by atoms with Crippen LogP contribution in [0, 0.1) is 6.92 Å². The summed E-state index contributed by atoms with van der Waals surface area (Å²) in [5.74, 6) is 2.03. The van der Waals surface area contributed by atoms with Crippen LogP contribution in [0.1, 0.15) is 24.0 Å². The first-order valence-electron chi connectivity index (χ1n) is 8.52. The van der Waals surface area contributed by atoms with Crippen molar-refractivity contribution >= 4 is 10.0 Å². The van der Waals surface area contributed by atoms with E-state index in [1.165, 1.54) is 0 Å². The second kappa shape index (κ2) is 6.17. The topological polar surface area (TPSA) is 73.9 Å². The van der Waals surface area contributed by atoms with E-state index < -0.39 is 15.6 Å². The number of fused-ring (bicyclic) bond motifs is 1. The molecule has 4 rings (SSSR count). The molecule has 0 atom stereocenters. The van der Waals surface area contributed by atoms with Crippen LogP contribution < -0.4 is 18.9 Å². The first-order chi connectivity index (χ1) is 12.4. The van der Waals surface area contributed by atoms with Crippen molar-refractivity contribution in [3.8, 4) is 17.2 Å². The number of sulfonamides is 1. The minimum Gasteiger partial charge on any atom is -0.496 e. The summed E-state index contributed by atoms with van der Waals surface area (Å²) in [4.78, 5) is 0.236. The molecule has 1 fully saturated rings. The second-order valence-electron chi connectivity index (χ2n) is 6.68. The summed E-state index contributed by atoms with van der Waals surface area (Å²) in [7, 11) is -2.08. The van der Waals surface area contributed by atoms with E-state index >= 15 is 0 Å². The van der Waals surface area contributed by atoms with E-state index in [9.17, 15) is 8.42 Å². The smallest absolute Gasteiger partial charge is 0.241 e. The number of methoxy groups -OCH3 is 1. The highest BCUT2D eigenvalue weighted by molar-refractivity contribution is 7.89. The van der Waals surface area contributed by atoms with Crippen molar-refractivity contribution in [3.63, 3.8) is 0 Å². The van der Waals surface area contributed by atoms with Gasteiger partial charge in [0.1, 0.15) is 19.0 Å². The zero-order chi connectivity index (χ0) is 18.4. The summed E-state index contributed by atoms with van der Waals surface area (Å²) in [6.45, 7) is 2.85. The van der Waals surface area contributed by atoms with Crippen LogP contribution in [0.25, 0.3) is 0 Å².